The molecule has 49 heavy (non-hydrogen) atoms. The van der Waals surface area contributed by atoms with Crippen molar-refractivity contribution in [3.05, 3.63) is 108 Å². The van der Waals surface area contributed by atoms with Gasteiger partial charge in [-0.3, -0.25) is 19.2 Å². The molecule has 2 atom stereocenters. The van der Waals surface area contributed by atoms with Crippen LogP contribution in [-0.4, -0.2) is 70.9 Å². The Kier molecular flexibility index (Phi) is 19.1. The van der Waals surface area contributed by atoms with Gasteiger partial charge >= 0.3 is 0 Å². The first-order valence-corrected chi connectivity index (χ1v) is 19.3. The number of carbonyl (C=O) groups is 4. The molecule has 0 saturated heterocycles. The van der Waals surface area contributed by atoms with Gasteiger partial charge in [0.05, 0.1) is 16.6 Å². The molecule has 0 aliphatic heterocycles. The van der Waals surface area contributed by atoms with Gasteiger partial charge in [-0.25, -0.2) is 0 Å². The van der Waals surface area contributed by atoms with Crippen LogP contribution in [-0.2, 0) is 23.9 Å². The topological polar surface area (TPSA) is 74.8 Å². The summed E-state index contributed by atoms with van der Waals surface area (Å²) >= 11 is 5.90. The molecule has 3 rings (SSSR count). The zero-order valence-corrected chi connectivity index (χ0v) is 32.0. The van der Waals surface area contributed by atoms with Crippen molar-refractivity contribution in [2.75, 3.05) is 37.7 Å². The molecule has 6 nitrogen and oxygen atoms in total. The van der Waals surface area contributed by atoms with Crippen LogP contribution in [0.4, 0.5) is 0 Å². The van der Waals surface area contributed by atoms with E-state index in [0.717, 1.165) is 16.7 Å². The summed E-state index contributed by atoms with van der Waals surface area (Å²) in [6.07, 6.45) is 1.56. The number of Topliss-reactive ketones (excluding diaryl/α,β-unsaturated/α-hetero) is 2. The minimum Gasteiger partial charge on any atom is -0.343 e. The molecule has 0 fully saturated rings. The summed E-state index contributed by atoms with van der Waals surface area (Å²) in [6, 6.07) is 31.4. The minimum absolute atomic E-state index is 0.0526. The molecule has 0 bridgehead atoms. The van der Waals surface area contributed by atoms with Crippen molar-refractivity contribution in [3.8, 4) is 0 Å². The van der Waals surface area contributed by atoms with Crippen molar-refractivity contribution < 1.29 is 19.2 Å². The molecule has 3 aromatic carbocycles. The number of hydrogen-bond donors (Lipinski definition) is 1. The number of thiol groups is 1. The van der Waals surface area contributed by atoms with E-state index in [9.17, 15) is 19.2 Å². The van der Waals surface area contributed by atoms with E-state index >= 15 is 0 Å². The van der Waals surface area contributed by atoms with Crippen LogP contribution in [0.3, 0.4) is 0 Å². The average molecular weight is 705 g/mol. The van der Waals surface area contributed by atoms with Gasteiger partial charge in [-0.2, -0.15) is 12.6 Å². The van der Waals surface area contributed by atoms with E-state index in [1.807, 2.05) is 64.6 Å². The van der Waals surface area contributed by atoms with Crippen molar-refractivity contribution in [1.82, 2.24) is 9.80 Å². The predicted octanol–water partition coefficient (Wildman–Crippen LogP) is 8.34. The van der Waals surface area contributed by atoms with Gasteiger partial charge in [0.15, 0.2) is 0 Å². The molecular weight excluding hydrogens is 649 g/mol. The van der Waals surface area contributed by atoms with Crippen LogP contribution in [0.1, 0.15) is 83.9 Å². The van der Waals surface area contributed by atoms with Crippen molar-refractivity contribution >= 4 is 47.8 Å². The minimum atomic E-state index is -0.499. The zero-order chi connectivity index (χ0) is 36.2. The van der Waals surface area contributed by atoms with Crippen LogP contribution < -0.4 is 0 Å². The fourth-order valence-corrected chi connectivity index (χ4v) is 7.77. The molecule has 0 spiro atoms. The lowest BCUT2D eigenvalue weighted by molar-refractivity contribution is -0.137. The molecule has 0 unspecified atom stereocenters. The van der Waals surface area contributed by atoms with Gasteiger partial charge < -0.3 is 9.80 Å². The molecule has 0 radical (unpaired) electrons. The summed E-state index contributed by atoms with van der Waals surface area (Å²) in [4.78, 5) is 52.7. The summed E-state index contributed by atoms with van der Waals surface area (Å²) in [5.74, 6) is 0.791. The van der Waals surface area contributed by atoms with Gasteiger partial charge in [0.25, 0.3) is 0 Å². The molecule has 0 saturated carbocycles. The van der Waals surface area contributed by atoms with Gasteiger partial charge in [-0.1, -0.05) is 105 Å². The maximum Gasteiger partial charge on any atom is 0.226 e. The lowest BCUT2D eigenvalue weighted by Gasteiger charge is -2.37. The standard InChI is InChI=1S/C30H35NO2S.C11H21NO2S/c1-4-28(32)22-24(29(33)31(5-2)6-3)23-34-30(25-16-10-7-11-17-25,26-18-12-8-13-19-26)27-20-14-9-15-21-27;1-4-10(13)7-9(8-15)11(14)12(5-2)6-3/h7-21,24H,4-6,22-23H2,1-3H3;9,15H,4-8H2,1-3H3/t24-;9-/m00/s1. The number of ketones is 2. The molecule has 266 valence electrons. The Morgan fingerprint density at radius 2 is 0.898 bits per heavy atom. The van der Waals surface area contributed by atoms with Crippen molar-refractivity contribution in [2.45, 2.75) is 72.0 Å². The Morgan fingerprint density at radius 1 is 0.571 bits per heavy atom. The third-order valence-corrected chi connectivity index (χ3v) is 11.0. The van der Waals surface area contributed by atoms with E-state index in [1.54, 1.807) is 16.7 Å². The van der Waals surface area contributed by atoms with E-state index in [1.165, 1.54) is 0 Å². The van der Waals surface area contributed by atoms with Crippen LogP contribution in [0.15, 0.2) is 91.0 Å². The fraction of sp³-hybridized carbons (Fsp3) is 0.463. The SMILES string of the molecule is CCC(=O)C[C@@H](CS)C(=O)N(CC)CC.CCC(=O)C[C@@H](CSC(c1ccccc1)(c1ccccc1)c1ccccc1)C(=O)N(CC)CC. The summed E-state index contributed by atoms with van der Waals surface area (Å²) in [5, 5.41) is 0. The number of benzene rings is 3. The van der Waals surface area contributed by atoms with E-state index in [0.29, 0.717) is 56.9 Å². The first kappa shape index (κ1) is 41.8. The second kappa shape index (κ2) is 22.4. The molecule has 8 heteroatoms. The monoisotopic (exact) mass is 704 g/mol. The summed E-state index contributed by atoms with van der Waals surface area (Å²) in [7, 11) is 0. The number of nitrogens with zero attached hydrogens (tertiary/aromatic N) is 2. The third-order valence-electron chi connectivity index (χ3n) is 8.85. The highest BCUT2D eigenvalue weighted by Crippen LogP contribution is 2.49. The second-order valence-electron chi connectivity index (χ2n) is 11.9. The van der Waals surface area contributed by atoms with Gasteiger partial charge in [0.2, 0.25) is 11.8 Å². The molecule has 0 aliphatic rings. The van der Waals surface area contributed by atoms with Crippen molar-refractivity contribution in [2.24, 2.45) is 11.8 Å². The maximum atomic E-state index is 13.4. The Hall–Kier alpha value is -3.36. The normalized spacial score (nSPS) is 12.2. The Balaban J connectivity index is 0.000000469. The Labute approximate surface area is 304 Å². The molecule has 0 aromatic heterocycles. The largest absolute Gasteiger partial charge is 0.343 e. The van der Waals surface area contributed by atoms with Crippen LogP contribution in [0.2, 0.25) is 0 Å². The predicted molar refractivity (Wildman–Crippen MR) is 208 cm³/mol. The highest BCUT2D eigenvalue weighted by atomic mass is 32.2. The number of carbonyl (C=O) groups excluding carboxylic acids is 4. The van der Waals surface area contributed by atoms with Crippen LogP contribution in [0, 0.1) is 11.8 Å². The fourth-order valence-electron chi connectivity index (χ4n) is 5.87. The van der Waals surface area contributed by atoms with Crippen molar-refractivity contribution in [3.63, 3.8) is 0 Å². The highest BCUT2D eigenvalue weighted by Gasteiger charge is 2.39. The van der Waals surface area contributed by atoms with E-state index in [2.05, 4.69) is 85.4 Å². The number of thioether (sulfide) groups is 1. The summed E-state index contributed by atoms with van der Waals surface area (Å²) < 4.78 is -0.499. The first-order valence-electron chi connectivity index (χ1n) is 17.7. The van der Waals surface area contributed by atoms with Gasteiger partial charge in [-0.05, 0) is 44.4 Å². The molecular formula is C41H56N2O4S2. The molecule has 3 aromatic rings. The summed E-state index contributed by atoms with van der Waals surface area (Å²) in [5.41, 5.74) is 3.48. The highest BCUT2D eigenvalue weighted by molar-refractivity contribution is 8.00. The van der Waals surface area contributed by atoms with E-state index < -0.39 is 4.75 Å². The van der Waals surface area contributed by atoms with E-state index in [4.69, 9.17) is 0 Å². The molecule has 0 heterocycles. The first-order chi connectivity index (χ1) is 23.7. The van der Waals surface area contributed by atoms with Crippen LogP contribution in [0.25, 0.3) is 0 Å². The maximum absolute atomic E-state index is 13.4. The van der Waals surface area contributed by atoms with Crippen LogP contribution >= 0.6 is 24.4 Å². The summed E-state index contributed by atoms with van der Waals surface area (Å²) in [6.45, 7) is 14.3. The lowest BCUT2D eigenvalue weighted by atomic mass is 9.84. The molecule has 2 amide bonds. The smallest absolute Gasteiger partial charge is 0.226 e. The Bertz CT molecular complexity index is 1310. The van der Waals surface area contributed by atoms with Crippen molar-refractivity contribution in [1.29, 1.82) is 0 Å². The zero-order valence-electron chi connectivity index (χ0n) is 30.3. The van der Waals surface area contributed by atoms with E-state index in [-0.39, 0.29) is 41.6 Å². The second-order valence-corrected chi connectivity index (χ2v) is 13.5. The number of hydrogen-bond acceptors (Lipinski definition) is 6. The van der Waals surface area contributed by atoms with Gasteiger partial charge in [-0.15, -0.1) is 11.8 Å². The average Bonchev–Trinajstić information content (AvgIpc) is 3.15. The third kappa shape index (κ3) is 11.9. The van der Waals surface area contributed by atoms with Crippen LogP contribution in [0.5, 0.6) is 0 Å². The quantitative estimate of drug-likeness (QED) is 0.100. The molecule has 0 N–H and O–H groups in total. The van der Waals surface area contributed by atoms with Gasteiger partial charge in [0.1, 0.15) is 11.6 Å². The Morgan fingerprint density at radius 3 is 1.20 bits per heavy atom. The van der Waals surface area contributed by atoms with Gasteiger partial charge in [0, 0.05) is 63.4 Å². The lowest BCUT2D eigenvalue weighted by Crippen LogP contribution is -2.38. The number of rotatable bonds is 19. The molecule has 0 aliphatic carbocycles. The number of amides is 2.